The lowest BCUT2D eigenvalue weighted by molar-refractivity contribution is -0.115. The van der Waals surface area contributed by atoms with Crippen molar-refractivity contribution in [2.45, 2.75) is 13.3 Å². The van der Waals surface area contributed by atoms with Gasteiger partial charge in [-0.25, -0.2) is 4.98 Å². The van der Waals surface area contributed by atoms with E-state index in [2.05, 4.69) is 15.6 Å². The number of aromatic nitrogens is 1. The van der Waals surface area contributed by atoms with E-state index in [-0.39, 0.29) is 5.91 Å². The van der Waals surface area contributed by atoms with Crippen molar-refractivity contribution in [3.63, 3.8) is 0 Å². The van der Waals surface area contributed by atoms with Gasteiger partial charge >= 0.3 is 0 Å². The number of thiophene rings is 1. The topological polar surface area (TPSA) is 54.0 Å². The lowest BCUT2D eigenvalue weighted by Gasteiger charge is -2.11. The third-order valence-electron chi connectivity index (χ3n) is 3.49. The Morgan fingerprint density at radius 3 is 2.79 bits per heavy atom. The van der Waals surface area contributed by atoms with Gasteiger partial charge in [0.1, 0.15) is 5.82 Å². The predicted octanol–water partition coefficient (Wildman–Crippen LogP) is 5.03. The zero-order chi connectivity index (χ0) is 16.9. The molecule has 3 rings (SSSR count). The Balaban J connectivity index is 1.63. The summed E-state index contributed by atoms with van der Waals surface area (Å²) in [4.78, 5) is 17.3. The van der Waals surface area contributed by atoms with Crippen LogP contribution in [0.3, 0.4) is 0 Å². The highest BCUT2D eigenvalue weighted by atomic mass is 35.5. The molecule has 0 spiro atoms. The molecule has 2 N–H and O–H groups in total. The van der Waals surface area contributed by atoms with Gasteiger partial charge in [0.05, 0.1) is 18.3 Å². The van der Waals surface area contributed by atoms with E-state index < -0.39 is 0 Å². The summed E-state index contributed by atoms with van der Waals surface area (Å²) >= 11 is 7.68. The molecule has 3 aromatic rings. The number of carbonyl (C=O) groups is 1. The van der Waals surface area contributed by atoms with Gasteiger partial charge in [-0.2, -0.15) is 0 Å². The molecule has 2 heterocycles. The number of nitrogens with one attached hydrogen (secondary N) is 2. The van der Waals surface area contributed by atoms with E-state index in [0.29, 0.717) is 17.3 Å². The van der Waals surface area contributed by atoms with E-state index in [1.807, 2.05) is 48.7 Å². The standard InChI is InChI=1S/C18H16ClN3OS/c1-12-15(19)5-2-6-16(12)21-13-7-8-17(20-11-13)22-18(23)10-14-4-3-9-24-14/h2-9,11,21H,10H2,1H3,(H,20,22,23). The van der Waals surface area contributed by atoms with E-state index in [1.54, 1.807) is 23.6 Å². The molecular weight excluding hydrogens is 342 g/mol. The average molecular weight is 358 g/mol. The summed E-state index contributed by atoms with van der Waals surface area (Å²) in [5.74, 6) is 0.460. The molecule has 6 heteroatoms. The van der Waals surface area contributed by atoms with Gasteiger partial charge in [0.25, 0.3) is 0 Å². The summed E-state index contributed by atoms with van der Waals surface area (Å²) in [5.41, 5.74) is 2.74. The number of hydrogen-bond acceptors (Lipinski definition) is 4. The van der Waals surface area contributed by atoms with Crippen molar-refractivity contribution in [1.29, 1.82) is 0 Å². The summed E-state index contributed by atoms with van der Waals surface area (Å²) in [6, 6.07) is 13.2. The fourth-order valence-corrected chi connectivity index (χ4v) is 3.08. The molecule has 0 fully saturated rings. The SMILES string of the molecule is Cc1c(Cl)cccc1Nc1ccc(NC(=O)Cc2cccs2)nc1. The first-order chi connectivity index (χ1) is 11.6. The molecular formula is C18H16ClN3OS. The summed E-state index contributed by atoms with van der Waals surface area (Å²) in [6.07, 6.45) is 2.04. The van der Waals surface area contributed by atoms with E-state index in [4.69, 9.17) is 11.6 Å². The lowest BCUT2D eigenvalue weighted by Crippen LogP contribution is -2.14. The number of halogens is 1. The summed E-state index contributed by atoms with van der Waals surface area (Å²) in [6.45, 7) is 1.96. The molecule has 0 aliphatic heterocycles. The van der Waals surface area contributed by atoms with Gasteiger partial charge in [-0.05, 0) is 48.2 Å². The van der Waals surface area contributed by atoms with Crippen LogP contribution in [0.1, 0.15) is 10.4 Å². The van der Waals surface area contributed by atoms with Crippen LogP contribution in [0.2, 0.25) is 5.02 Å². The first-order valence-corrected chi connectivity index (χ1v) is 8.68. The smallest absolute Gasteiger partial charge is 0.230 e. The fraction of sp³-hybridized carbons (Fsp3) is 0.111. The van der Waals surface area contributed by atoms with Crippen molar-refractivity contribution in [3.8, 4) is 0 Å². The van der Waals surface area contributed by atoms with Crippen molar-refractivity contribution in [2.75, 3.05) is 10.6 Å². The van der Waals surface area contributed by atoms with Gasteiger partial charge in [-0.15, -0.1) is 11.3 Å². The van der Waals surface area contributed by atoms with E-state index >= 15 is 0 Å². The molecule has 0 aliphatic rings. The first-order valence-electron chi connectivity index (χ1n) is 7.42. The van der Waals surface area contributed by atoms with E-state index in [1.165, 1.54) is 0 Å². The Hall–Kier alpha value is -2.37. The number of benzene rings is 1. The maximum absolute atomic E-state index is 12.0. The van der Waals surface area contributed by atoms with Crippen molar-refractivity contribution < 1.29 is 4.79 Å². The van der Waals surface area contributed by atoms with Crippen LogP contribution in [0, 0.1) is 6.92 Å². The van der Waals surface area contributed by atoms with E-state index in [0.717, 1.165) is 21.8 Å². The lowest BCUT2D eigenvalue weighted by atomic mass is 10.2. The van der Waals surface area contributed by atoms with Crippen LogP contribution in [0.25, 0.3) is 0 Å². The van der Waals surface area contributed by atoms with Gasteiger partial charge in [-0.3, -0.25) is 4.79 Å². The number of pyridine rings is 1. The largest absolute Gasteiger partial charge is 0.354 e. The molecule has 0 radical (unpaired) electrons. The Morgan fingerprint density at radius 2 is 2.08 bits per heavy atom. The molecule has 0 aliphatic carbocycles. The second-order valence-corrected chi connectivity index (χ2v) is 6.71. The number of rotatable bonds is 5. The highest BCUT2D eigenvalue weighted by Crippen LogP contribution is 2.26. The minimum atomic E-state index is -0.0728. The van der Waals surface area contributed by atoms with Crippen LogP contribution in [0.4, 0.5) is 17.2 Å². The van der Waals surface area contributed by atoms with Gasteiger partial charge < -0.3 is 10.6 Å². The van der Waals surface area contributed by atoms with Crippen molar-refractivity contribution >= 4 is 46.0 Å². The molecule has 0 bridgehead atoms. The normalized spacial score (nSPS) is 10.4. The molecule has 1 aromatic carbocycles. The molecule has 2 aromatic heterocycles. The molecule has 0 saturated carbocycles. The molecule has 0 atom stereocenters. The zero-order valence-electron chi connectivity index (χ0n) is 13.0. The summed E-state index contributed by atoms with van der Waals surface area (Å²) in [7, 11) is 0. The average Bonchev–Trinajstić information content (AvgIpc) is 3.06. The van der Waals surface area contributed by atoms with Crippen molar-refractivity contribution in [1.82, 2.24) is 4.98 Å². The highest BCUT2D eigenvalue weighted by molar-refractivity contribution is 7.10. The van der Waals surface area contributed by atoms with Crippen LogP contribution < -0.4 is 10.6 Å². The van der Waals surface area contributed by atoms with Crippen molar-refractivity contribution in [2.24, 2.45) is 0 Å². The monoisotopic (exact) mass is 357 g/mol. The highest BCUT2D eigenvalue weighted by Gasteiger charge is 2.06. The molecule has 1 amide bonds. The molecule has 122 valence electrons. The molecule has 0 unspecified atom stereocenters. The van der Waals surface area contributed by atoms with Gasteiger partial charge in [-0.1, -0.05) is 23.7 Å². The third-order valence-corrected chi connectivity index (χ3v) is 4.78. The predicted molar refractivity (Wildman–Crippen MR) is 100 cm³/mol. The number of amides is 1. The number of nitrogens with zero attached hydrogens (tertiary/aromatic N) is 1. The fourth-order valence-electron chi connectivity index (χ4n) is 2.20. The summed E-state index contributed by atoms with van der Waals surface area (Å²) < 4.78 is 0. The minimum Gasteiger partial charge on any atom is -0.354 e. The van der Waals surface area contributed by atoms with Gasteiger partial charge in [0, 0.05) is 15.6 Å². The quantitative estimate of drug-likeness (QED) is 0.673. The molecule has 0 saturated heterocycles. The Bertz CT molecular complexity index is 832. The second-order valence-electron chi connectivity index (χ2n) is 5.27. The Labute approximate surface area is 149 Å². The van der Waals surface area contributed by atoms with E-state index in [9.17, 15) is 4.79 Å². The molecule has 4 nitrogen and oxygen atoms in total. The second kappa shape index (κ2) is 7.47. The van der Waals surface area contributed by atoms with Gasteiger partial charge in [0.2, 0.25) is 5.91 Å². The summed E-state index contributed by atoms with van der Waals surface area (Å²) in [5, 5.41) is 8.74. The number of hydrogen-bond donors (Lipinski definition) is 2. The zero-order valence-corrected chi connectivity index (χ0v) is 14.6. The Kier molecular flexibility index (Phi) is 5.13. The first kappa shape index (κ1) is 16.5. The molecule has 24 heavy (non-hydrogen) atoms. The van der Waals surface area contributed by atoms with Crippen LogP contribution >= 0.6 is 22.9 Å². The number of carbonyl (C=O) groups excluding carboxylic acids is 1. The van der Waals surface area contributed by atoms with Crippen molar-refractivity contribution in [3.05, 3.63) is 69.5 Å². The van der Waals surface area contributed by atoms with Crippen LogP contribution in [0.15, 0.2) is 54.0 Å². The Morgan fingerprint density at radius 1 is 1.21 bits per heavy atom. The maximum atomic E-state index is 12.0. The third kappa shape index (κ3) is 4.13. The van der Waals surface area contributed by atoms with Crippen LogP contribution in [0.5, 0.6) is 0 Å². The number of anilines is 3. The minimum absolute atomic E-state index is 0.0728. The maximum Gasteiger partial charge on any atom is 0.230 e. The van der Waals surface area contributed by atoms with Crippen LogP contribution in [-0.2, 0) is 11.2 Å². The van der Waals surface area contributed by atoms with Gasteiger partial charge in [0.15, 0.2) is 0 Å². The van der Waals surface area contributed by atoms with Crippen LogP contribution in [-0.4, -0.2) is 10.9 Å².